The molecule has 7 heteroatoms. The zero-order valence-corrected chi connectivity index (χ0v) is 15.9. The fourth-order valence-corrected chi connectivity index (χ4v) is 2.57. The summed E-state index contributed by atoms with van der Waals surface area (Å²) in [6.07, 6.45) is -0.0519. The van der Waals surface area contributed by atoms with E-state index in [0.29, 0.717) is 23.6 Å². The Hall–Kier alpha value is -2.93. The summed E-state index contributed by atoms with van der Waals surface area (Å²) in [7, 11) is 4.76. The molecule has 0 unspecified atom stereocenters. The fraction of sp³-hybridized carbons (Fsp3) is 0.350. The Morgan fingerprint density at radius 2 is 1.70 bits per heavy atom. The summed E-state index contributed by atoms with van der Waals surface area (Å²) in [4.78, 5) is 4.21. The molecule has 2 aromatic rings. The third kappa shape index (κ3) is 6.07. The van der Waals surface area contributed by atoms with E-state index in [-0.39, 0.29) is 12.5 Å². The Kier molecular flexibility index (Phi) is 7.76. The largest absolute Gasteiger partial charge is 0.497 e. The molecule has 7 nitrogen and oxygen atoms in total. The molecule has 4 N–H and O–H groups in total. The molecule has 0 heterocycles. The molecule has 0 saturated carbocycles. The summed E-state index contributed by atoms with van der Waals surface area (Å²) < 4.78 is 15.6. The van der Waals surface area contributed by atoms with Crippen LogP contribution in [0.3, 0.4) is 0 Å². The molecular weight excluding hydrogens is 346 g/mol. The first kappa shape index (κ1) is 20.4. The van der Waals surface area contributed by atoms with Gasteiger partial charge in [0.15, 0.2) is 5.96 Å². The van der Waals surface area contributed by atoms with Crippen molar-refractivity contribution in [1.82, 2.24) is 5.32 Å². The van der Waals surface area contributed by atoms with Crippen LogP contribution >= 0.6 is 0 Å². The highest BCUT2D eigenvalue weighted by molar-refractivity contribution is 5.77. The minimum atomic E-state index is -0.850. The first-order valence-corrected chi connectivity index (χ1v) is 8.64. The third-order valence-electron chi connectivity index (χ3n) is 4.11. The molecule has 2 aromatic carbocycles. The van der Waals surface area contributed by atoms with E-state index >= 15 is 0 Å². The van der Waals surface area contributed by atoms with Crippen LogP contribution in [0.15, 0.2) is 47.5 Å². The maximum Gasteiger partial charge on any atom is 0.188 e. The molecule has 0 aliphatic heterocycles. The number of methoxy groups -OCH3 is 3. The van der Waals surface area contributed by atoms with E-state index in [1.165, 1.54) is 0 Å². The number of benzene rings is 2. The molecule has 0 aliphatic rings. The minimum Gasteiger partial charge on any atom is -0.497 e. The first-order valence-electron chi connectivity index (χ1n) is 8.64. The first-order chi connectivity index (χ1) is 13.1. The van der Waals surface area contributed by atoms with Gasteiger partial charge in [0.2, 0.25) is 0 Å². The van der Waals surface area contributed by atoms with Gasteiger partial charge in [-0.2, -0.15) is 0 Å². The Balaban J connectivity index is 1.87. The fourth-order valence-electron chi connectivity index (χ4n) is 2.57. The molecule has 1 atom stereocenters. The van der Waals surface area contributed by atoms with Crippen molar-refractivity contribution in [3.05, 3.63) is 53.6 Å². The average Bonchev–Trinajstić information content (AvgIpc) is 2.72. The predicted octanol–water partition coefficient (Wildman–Crippen LogP) is 1.89. The van der Waals surface area contributed by atoms with E-state index in [2.05, 4.69) is 10.3 Å². The van der Waals surface area contributed by atoms with Crippen LogP contribution in [0.1, 0.15) is 17.2 Å². The van der Waals surface area contributed by atoms with Gasteiger partial charge in [0.25, 0.3) is 0 Å². The molecule has 0 radical (unpaired) electrons. The lowest BCUT2D eigenvalue weighted by Crippen LogP contribution is -2.33. The number of hydrogen-bond donors (Lipinski definition) is 3. The summed E-state index contributed by atoms with van der Waals surface area (Å²) in [6, 6.07) is 13.1. The van der Waals surface area contributed by atoms with Gasteiger partial charge in [-0.1, -0.05) is 12.1 Å². The summed E-state index contributed by atoms with van der Waals surface area (Å²) in [6.45, 7) is 0.755. The van der Waals surface area contributed by atoms with Gasteiger partial charge in [-0.05, 0) is 42.3 Å². The van der Waals surface area contributed by atoms with Crippen molar-refractivity contribution < 1.29 is 19.3 Å². The lowest BCUT2D eigenvalue weighted by molar-refractivity contribution is 0.182. The van der Waals surface area contributed by atoms with Crippen molar-refractivity contribution in [2.24, 2.45) is 10.7 Å². The van der Waals surface area contributed by atoms with E-state index in [0.717, 1.165) is 17.7 Å². The predicted molar refractivity (Wildman–Crippen MR) is 106 cm³/mol. The Morgan fingerprint density at radius 3 is 2.33 bits per heavy atom. The molecule has 0 aromatic heterocycles. The normalized spacial score (nSPS) is 12.4. The standard InChI is InChI=1S/C20H27N3O4/c1-25-15-6-4-14(5-7-15)10-11-22-20(21)23-13-18(24)17-12-16(26-2)8-9-19(17)27-3/h4-9,12,18,24H,10-11,13H2,1-3H3,(H3,21,22,23)/t18-/m1/s1. The highest BCUT2D eigenvalue weighted by Crippen LogP contribution is 2.29. The number of aliphatic imine (C=N–C) groups is 1. The lowest BCUT2D eigenvalue weighted by atomic mass is 10.1. The number of nitrogens with zero attached hydrogens (tertiary/aromatic N) is 1. The number of guanidine groups is 1. The number of aliphatic hydroxyl groups excluding tert-OH is 1. The summed E-state index contributed by atoms with van der Waals surface area (Å²) >= 11 is 0. The minimum absolute atomic E-state index is 0.116. The van der Waals surface area contributed by atoms with Crippen LogP contribution in [-0.4, -0.2) is 45.5 Å². The van der Waals surface area contributed by atoms with Gasteiger partial charge in [0, 0.05) is 12.1 Å². The van der Waals surface area contributed by atoms with Crippen LogP contribution < -0.4 is 25.3 Å². The number of hydrogen-bond acceptors (Lipinski definition) is 5. The summed E-state index contributed by atoms with van der Waals surface area (Å²) in [5.41, 5.74) is 7.66. The van der Waals surface area contributed by atoms with Crippen LogP contribution in [-0.2, 0) is 6.42 Å². The van der Waals surface area contributed by atoms with Crippen LogP contribution in [0.5, 0.6) is 17.2 Å². The SMILES string of the molecule is COc1ccc(CCNC(N)=NC[C@@H](O)c2cc(OC)ccc2OC)cc1. The molecule has 146 valence electrons. The van der Waals surface area contributed by atoms with Gasteiger partial charge < -0.3 is 30.4 Å². The molecule has 2 rings (SSSR count). The van der Waals surface area contributed by atoms with E-state index < -0.39 is 6.10 Å². The van der Waals surface area contributed by atoms with E-state index in [4.69, 9.17) is 19.9 Å². The van der Waals surface area contributed by atoms with Crippen molar-refractivity contribution in [2.45, 2.75) is 12.5 Å². The van der Waals surface area contributed by atoms with E-state index in [1.54, 1.807) is 39.5 Å². The number of ether oxygens (including phenoxy) is 3. The van der Waals surface area contributed by atoms with Gasteiger partial charge in [-0.3, -0.25) is 4.99 Å². The zero-order valence-electron chi connectivity index (χ0n) is 15.9. The van der Waals surface area contributed by atoms with Crippen molar-refractivity contribution in [1.29, 1.82) is 0 Å². The monoisotopic (exact) mass is 373 g/mol. The molecule has 0 fully saturated rings. The molecule has 0 saturated heterocycles. The van der Waals surface area contributed by atoms with Crippen molar-refractivity contribution in [3.8, 4) is 17.2 Å². The van der Waals surface area contributed by atoms with Crippen molar-refractivity contribution in [3.63, 3.8) is 0 Å². The second-order valence-corrected chi connectivity index (χ2v) is 5.87. The van der Waals surface area contributed by atoms with Crippen LogP contribution in [0.2, 0.25) is 0 Å². The molecule has 0 amide bonds. The Bertz CT molecular complexity index is 747. The zero-order chi connectivity index (χ0) is 19.6. The summed E-state index contributed by atoms with van der Waals surface area (Å²) in [5.74, 6) is 2.32. The third-order valence-corrected chi connectivity index (χ3v) is 4.11. The van der Waals surface area contributed by atoms with Crippen LogP contribution in [0.25, 0.3) is 0 Å². The Labute approximate surface area is 159 Å². The molecule has 0 bridgehead atoms. The maximum absolute atomic E-state index is 10.4. The highest BCUT2D eigenvalue weighted by Gasteiger charge is 2.14. The van der Waals surface area contributed by atoms with Crippen LogP contribution in [0, 0.1) is 0 Å². The topological polar surface area (TPSA) is 98.3 Å². The second-order valence-electron chi connectivity index (χ2n) is 5.87. The van der Waals surface area contributed by atoms with E-state index in [9.17, 15) is 5.11 Å². The van der Waals surface area contributed by atoms with Gasteiger partial charge in [-0.15, -0.1) is 0 Å². The molecule has 0 aliphatic carbocycles. The average molecular weight is 373 g/mol. The Morgan fingerprint density at radius 1 is 1.04 bits per heavy atom. The number of nitrogens with two attached hydrogens (primary N) is 1. The van der Waals surface area contributed by atoms with Gasteiger partial charge in [0.1, 0.15) is 23.4 Å². The summed E-state index contributed by atoms with van der Waals surface area (Å²) in [5, 5.41) is 13.5. The maximum atomic E-state index is 10.4. The highest BCUT2D eigenvalue weighted by atomic mass is 16.5. The smallest absolute Gasteiger partial charge is 0.188 e. The van der Waals surface area contributed by atoms with Crippen molar-refractivity contribution >= 4 is 5.96 Å². The number of aliphatic hydroxyl groups is 1. The molecular formula is C20H27N3O4. The van der Waals surface area contributed by atoms with Gasteiger partial charge in [0.05, 0.1) is 27.9 Å². The quantitative estimate of drug-likeness (QED) is 0.459. The van der Waals surface area contributed by atoms with Gasteiger partial charge in [-0.25, -0.2) is 0 Å². The van der Waals surface area contributed by atoms with Crippen molar-refractivity contribution in [2.75, 3.05) is 34.4 Å². The van der Waals surface area contributed by atoms with Gasteiger partial charge >= 0.3 is 0 Å². The number of rotatable bonds is 9. The van der Waals surface area contributed by atoms with E-state index in [1.807, 2.05) is 24.3 Å². The molecule has 0 spiro atoms. The second kappa shape index (κ2) is 10.3. The number of nitrogens with one attached hydrogen (secondary N) is 1. The van der Waals surface area contributed by atoms with Crippen LogP contribution in [0.4, 0.5) is 0 Å². The molecule has 27 heavy (non-hydrogen) atoms. The lowest BCUT2D eigenvalue weighted by Gasteiger charge is -2.15.